The molecule has 2 aromatic rings. The first-order chi connectivity index (χ1) is 11.3. The maximum atomic E-state index is 12.3. The van der Waals surface area contributed by atoms with Crippen LogP contribution in [0.5, 0.6) is 0 Å². The summed E-state index contributed by atoms with van der Waals surface area (Å²) in [6.07, 6.45) is 0.702. The van der Waals surface area contributed by atoms with Gasteiger partial charge < -0.3 is 9.42 Å². The zero-order valence-corrected chi connectivity index (χ0v) is 15.3. The van der Waals surface area contributed by atoms with E-state index in [-0.39, 0.29) is 11.8 Å². The number of aryl methyl sites for hydroxylation is 1. The van der Waals surface area contributed by atoms with Crippen LogP contribution in [-0.4, -0.2) is 32.7 Å². The van der Waals surface area contributed by atoms with Gasteiger partial charge in [-0.25, -0.2) is 13.1 Å². The van der Waals surface area contributed by atoms with Crippen molar-refractivity contribution in [2.45, 2.75) is 25.1 Å². The number of halogens is 2. The second-order valence-corrected chi connectivity index (χ2v) is 8.44. The summed E-state index contributed by atoms with van der Waals surface area (Å²) >= 11 is 12.1. The Labute approximate surface area is 150 Å². The molecule has 1 aromatic carbocycles. The van der Waals surface area contributed by atoms with Crippen molar-refractivity contribution in [2.75, 3.05) is 18.0 Å². The van der Waals surface area contributed by atoms with Gasteiger partial charge in [0, 0.05) is 30.2 Å². The predicted octanol–water partition coefficient (Wildman–Crippen LogP) is 2.99. The summed E-state index contributed by atoms with van der Waals surface area (Å²) in [5, 5.41) is 4.83. The third kappa shape index (κ3) is 4.22. The van der Waals surface area contributed by atoms with Crippen molar-refractivity contribution in [3.63, 3.8) is 0 Å². The highest BCUT2D eigenvalue weighted by Gasteiger charge is 2.28. The van der Waals surface area contributed by atoms with E-state index in [0.29, 0.717) is 34.5 Å². The molecule has 0 bridgehead atoms. The molecule has 0 aliphatic carbocycles. The van der Waals surface area contributed by atoms with Crippen LogP contribution in [-0.2, 0) is 15.8 Å². The van der Waals surface area contributed by atoms with Gasteiger partial charge in [0.15, 0.2) is 5.76 Å². The normalized spacial score (nSPS) is 18.3. The predicted molar refractivity (Wildman–Crippen MR) is 94.1 cm³/mol. The third-order valence-corrected chi connectivity index (χ3v) is 5.69. The highest BCUT2D eigenvalue weighted by atomic mass is 35.5. The standard InChI is InChI=1S/C15H17Cl2N3O3S/c1-10-6-13(23-18-10)9-24(21,22)19-12-4-5-20(8-12)15-3-2-11(16)7-14(15)17/h2-3,6-7,12,19H,4-5,8-9H2,1H3/t12-/m0/s1. The lowest BCUT2D eigenvalue weighted by molar-refractivity contribution is 0.388. The summed E-state index contributed by atoms with van der Waals surface area (Å²) in [4.78, 5) is 2.05. The molecule has 1 aliphatic rings. The molecule has 6 nitrogen and oxygen atoms in total. The minimum absolute atomic E-state index is 0.175. The van der Waals surface area contributed by atoms with Crippen molar-refractivity contribution >= 4 is 38.9 Å². The summed E-state index contributed by atoms with van der Waals surface area (Å²) in [5.74, 6) is 0.113. The molecule has 0 amide bonds. The van der Waals surface area contributed by atoms with Crippen LogP contribution < -0.4 is 9.62 Å². The van der Waals surface area contributed by atoms with Crippen molar-refractivity contribution in [3.05, 3.63) is 45.8 Å². The lowest BCUT2D eigenvalue weighted by Crippen LogP contribution is -2.37. The van der Waals surface area contributed by atoms with Crippen molar-refractivity contribution in [2.24, 2.45) is 0 Å². The Morgan fingerprint density at radius 3 is 2.83 bits per heavy atom. The molecule has 0 saturated carbocycles. The lowest BCUT2D eigenvalue weighted by Gasteiger charge is -2.20. The van der Waals surface area contributed by atoms with Gasteiger partial charge in [-0.05, 0) is 31.5 Å². The molecular weight excluding hydrogens is 373 g/mol. The van der Waals surface area contributed by atoms with Crippen LogP contribution in [0.2, 0.25) is 10.0 Å². The maximum Gasteiger partial charge on any atom is 0.219 e. The maximum absolute atomic E-state index is 12.3. The molecule has 130 valence electrons. The van der Waals surface area contributed by atoms with E-state index >= 15 is 0 Å². The molecule has 0 unspecified atom stereocenters. The summed E-state index contributed by atoms with van der Waals surface area (Å²) in [6, 6.07) is 6.74. The molecule has 24 heavy (non-hydrogen) atoms. The van der Waals surface area contributed by atoms with Gasteiger partial charge >= 0.3 is 0 Å². The van der Waals surface area contributed by atoms with Crippen molar-refractivity contribution in [3.8, 4) is 0 Å². The lowest BCUT2D eigenvalue weighted by atomic mass is 10.3. The monoisotopic (exact) mass is 389 g/mol. The Balaban J connectivity index is 1.63. The average Bonchev–Trinajstić information content (AvgIpc) is 3.07. The number of nitrogens with zero attached hydrogens (tertiary/aromatic N) is 2. The molecule has 0 radical (unpaired) electrons. The number of benzene rings is 1. The Kier molecular flexibility index (Phi) is 5.05. The number of sulfonamides is 1. The first-order valence-corrected chi connectivity index (χ1v) is 9.85. The fourth-order valence-electron chi connectivity index (χ4n) is 2.78. The van der Waals surface area contributed by atoms with E-state index in [1.54, 1.807) is 25.1 Å². The summed E-state index contributed by atoms with van der Waals surface area (Å²) in [6.45, 7) is 3.02. The van der Waals surface area contributed by atoms with E-state index in [1.807, 2.05) is 11.0 Å². The van der Waals surface area contributed by atoms with Gasteiger partial charge in [-0.2, -0.15) is 0 Å². The van der Waals surface area contributed by atoms with Gasteiger partial charge in [-0.15, -0.1) is 0 Å². The van der Waals surface area contributed by atoms with Crippen LogP contribution >= 0.6 is 23.2 Å². The Hall–Kier alpha value is -1.28. The zero-order valence-electron chi connectivity index (χ0n) is 13.0. The molecule has 2 heterocycles. The molecule has 1 atom stereocenters. The third-order valence-electron chi connectivity index (χ3n) is 3.79. The number of nitrogens with one attached hydrogen (secondary N) is 1. The minimum Gasteiger partial charge on any atom is -0.369 e. The summed E-state index contributed by atoms with van der Waals surface area (Å²) in [7, 11) is -3.49. The van der Waals surface area contributed by atoms with Crippen LogP contribution in [0.25, 0.3) is 0 Å². The number of hydrogen-bond acceptors (Lipinski definition) is 5. The highest BCUT2D eigenvalue weighted by Crippen LogP contribution is 2.31. The molecule has 0 spiro atoms. The molecule has 1 saturated heterocycles. The number of anilines is 1. The Bertz CT molecular complexity index is 838. The SMILES string of the molecule is Cc1cc(CS(=O)(=O)N[C@H]2CCN(c3ccc(Cl)cc3Cl)C2)on1. The smallest absolute Gasteiger partial charge is 0.219 e. The summed E-state index contributed by atoms with van der Waals surface area (Å²) in [5.41, 5.74) is 1.51. The second kappa shape index (κ2) is 6.92. The number of hydrogen-bond donors (Lipinski definition) is 1. The number of aromatic nitrogens is 1. The molecular formula is C15H17Cl2N3O3S. The van der Waals surface area contributed by atoms with Gasteiger partial charge in [-0.1, -0.05) is 28.4 Å². The Morgan fingerprint density at radius 1 is 1.38 bits per heavy atom. The summed E-state index contributed by atoms with van der Waals surface area (Å²) < 4.78 is 32.2. The van der Waals surface area contributed by atoms with Crippen molar-refractivity contribution in [1.82, 2.24) is 9.88 Å². The van der Waals surface area contributed by atoms with Gasteiger partial charge in [0.1, 0.15) is 5.75 Å². The van der Waals surface area contributed by atoms with Crippen LogP contribution in [0.4, 0.5) is 5.69 Å². The topological polar surface area (TPSA) is 75.4 Å². The molecule has 9 heteroatoms. The fraction of sp³-hybridized carbons (Fsp3) is 0.400. The second-order valence-electron chi connectivity index (χ2n) is 5.84. The van der Waals surface area contributed by atoms with Crippen LogP contribution in [0.15, 0.2) is 28.8 Å². The van der Waals surface area contributed by atoms with Crippen LogP contribution in [0.3, 0.4) is 0 Å². The van der Waals surface area contributed by atoms with Gasteiger partial charge in [0.25, 0.3) is 0 Å². The van der Waals surface area contributed by atoms with E-state index in [4.69, 9.17) is 27.7 Å². The van der Waals surface area contributed by atoms with Crippen LogP contribution in [0, 0.1) is 6.92 Å². The first kappa shape index (κ1) is 17.5. The average molecular weight is 390 g/mol. The van der Waals surface area contributed by atoms with E-state index in [0.717, 1.165) is 12.2 Å². The van der Waals surface area contributed by atoms with E-state index < -0.39 is 10.0 Å². The number of rotatable bonds is 5. The zero-order chi connectivity index (χ0) is 17.3. The minimum atomic E-state index is -3.49. The molecule has 1 aliphatic heterocycles. The van der Waals surface area contributed by atoms with Gasteiger partial charge in [-0.3, -0.25) is 0 Å². The van der Waals surface area contributed by atoms with Gasteiger partial charge in [0.2, 0.25) is 10.0 Å². The largest absolute Gasteiger partial charge is 0.369 e. The van der Waals surface area contributed by atoms with E-state index in [9.17, 15) is 8.42 Å². The van der Waals surface area contributed by atoms with Crippen molar-refractivity contribution in [1.29, 1.82) is 0 Å². The van der Waals surface area contributed by atoms with Gasteiger partial charge in [0.05, 0.1) is 16.4 Å². The molecule has 1 N–H and O–H groups in total. The van der Waals surface area contributed by atoms with E-state index in [2.05, 4.69) is 9.88 Å². The molecule has 1 aromatic heterocycles. The van der Waals surface area contributed by atoms with Crippen molar-refractivity contribution < 1.29 is 12.9 Å². The van der Waals surface area contributed by atoms with Crippen LogP contribution in [0.1, 0.15) is 17.9 Å². The van der Waals surface area contributed by atoms with E-state index in [1.165, 1.54) is 0 Å². The first-order valence-electron chi connectivity index (χ1n) is 7.44. The Morgan fingerprint density at radius 2 is 2.17 bits per heavy atom. The quantitative estimate of drug-likeness (QED) is 0.850. The molecule has 1 fully saturated rings. The fourth-order valence-corrected chi connectivity index (χ4v) is 4.60. The highest BCUT2D eigenvalue weighted by molar-refractivity contribution is 7.88. The molecule has 3 rings (SSSR count).